The van der Waals surface area contributed by atoms with Gasteiger partial charge in [0, 0.05) is 17.6 Å². The van der Waals surface area contributed by atoms with E-state index in [4.69, 9.17) is 15.2 Å². The zero-order chi connectivity index (χ0) is 20.3. The van der Waals surface area contributed by atoms with Crippen molar-refractivity contribution in [3.8, 4) is 5.75 Å². The van der Waals surface area contributed by atoms with Gasteiger partial charge in [-0.15, -0.1) is 11.3 Å². The van der Waals surface area contributed by atoms with Crippen LogP contribution in [0.25, 0.3) is 10.2 Å². The molecule has 0 atom stereocenters. The average Bonchev–Trinajstić information content (AvgIpc) is 3.01. The van der Waals surface area contributed by atoms with Gasteiger partial charge in [0.2, 0.25) is 0 Å². The molecule has 0 aliphatic heterocycles. The van der Waals surface area contributed by atoms with Crippen molar-refractivity contribution < 1.29 is 19.1 Å². The van der Waals surface area contributed by atoms with Gasteiger partial charge in [-0.3, -0.25) is 4.79 Å². The van der Waals surface area contributed by atoms with Crippen LogP contribution in [0.4, 0.5) is 5.69 Å². The number of esters is 1. The van der Waals surface area contributed by atoms with E-state index in [2.05, 4.69) is 10.3 Å². The molecule has 0 aliphatic carbocycles. The lowest BCUT2D eigenvalue weighted by atomic mass is 10.1. The van der Waals surface area contributed by atoms with E-state index in [1.54, 1.807) is 7.11 Å². The normalized spacial score (nSPS) is 10.7. The fourth-order valence-electron chi connectivity index (χ4n) is 2.85. The summed E-state index contributed by atoms with van der Waals surface area (Å²) in [6.07, 6.45) is 0. The van der Waals surface area contributed by atoms with Crippen LogP contribution in [-0.2, 0) is 16.1 Å². The number of fused-ring (bicyclic) bond motifs is 1. The van der Waals surface area contributed by atoms with Crippen molar-refractivity contribution in [3.63, 3.8) is 0 Å². The first-order valence-electron chi connectivity index (χ1n) is 8.62. The smallest absolute Gasteiger partial charge is 0.351 e. The molecule has 0 aliphatic rings. The Morgan fingerprint density at radius 3 is 2.79 bits per heavy atom. The Kier molecular flexibility index (Phi) is 5.79. The first-order valence-corrected chi connectivity index (χ1v) is 9.43. The molecule has 146 valence electrons. The van der Waals surface area contributed by atoms with Gasteiger partial charge in [-0.25, -0.2) is 9.78 Å². The highest BCUT2D eigenvalue weighted by molar-refractivity contribution is 7.21. The van der Waals surface area contributed by atoms with Gasteiger partial charge in [-0.05, 0) is 43.2 Å². The van der Waals surface area contributed by atoms with Gasteiger partial charge in [0.1, 0.15) is 15.5 Å². The van der Waals surface area contributed by atoms with Crippen LogP contribution in [0.1, 0.15) is 26.5 Å². The summed E-state index contributed by atoms with van der Waals surface area (Å²) < 4.78 is 10.3. The monoisotopic (exact) mass is 399 g/mol. The van der Waals surface area contributed by atoms with E-state index >= 15 is 0 Å². The van der Waals surface area contributed by atoms with Crippen molar-refractivity contribution in [1.82, 2.24) is 10.3 Å². The fraction of sp³-hybridized carbons (Fsp3) is 0.250. The van der Waals surface area contributed by atoms with Gasteiger partial charge >= 0.3 is 5.97 Å². The molecule has 0 unspecified atom stereocenters. The number of hydrogen-bond acceptors (Lipinski definition) is 7. The highest BCUT2D eigenvalue weighted by Crippen LogP contribution is 2.35. The minimum Gasteiger partial charge on any atom is -0.497 e. The van der Waals surface area contributed by atoms with Crippen molar-refractivity contribution in [2.75, 3.05) is 19.5 Å². The molecule has 28 heavy (non-hydrogen) atoms. The summed E-state index contributed by atoms with van der Waals surface area (Å²) in [4.78, 5) is 29.7. The van der Waals surface area contributed by atoms with E-state index in [0.717, 1.165) is 22.2 Å². The second kappa shape index (κ2) is 8.26. The predicted octanol–water partition coefficient (Wildman–Crippen LogP) is 2.98. The Morgan fingerprint density at radius 2 is 2.04 bits per heavy atom. The summed E-state index contributed by atoms with van der Waals surface area (Å²) in [7, 11) is 1.58. The van der Waals surface area contributed by atoms with E-state index in [1.807, 2.05) is 44.2 Å². The summed E-state index contributed by atoms with van der Waals surface area (Å²) in [5, 5.41) is 3.46. The molecule has 0 spiro atoms. The third kappa shape index (κ3) is 4.23. The lowest BCUT2D eigenvalue weighted by molar-refractivity contribution is -0.124. The van der Waals surface area contributed by atoms with Crippen molar-refractivity contribution in [1.29, 1.82) is 0 Å². The number of hydrogen-bond donors (Lipinski definition) is 2. The van der Waals surface area contributed by atoms with Crippen LogP contribution in [-0.4, -0.2) is 30.6 Å². The minimum absolute atomic E-state index is 0.261. The number of anilines is 1. The molecule has 0 saturated heterocycles. The molecule has 7 nitrogen and oxygen atoms in total. The zero-order valence-corrected chi connectivity index (χ0v) is 16.7. The summed E-state index contributed by atoms with van der Waals surface area (Å²) in [5.74, 6) is -0.326. The number of nitrogens with one attached hydrogen (secondary N) is 1. The number of thiophene rings is 1. The summed E-state index contributed by atoms with van der Waals surface area (Å²) in [6, 6.07) is 9.25. The van der Waals surface area contributed by atoms with E-state index < -0.39 is 11.9 Å². The predicted molar refractivity (Wildman–Crippen MR) is 109 cm³/mol. The van der Waals surface area contributed by atoms with Gasteiger partial charge in [-0.2, -0.15) is 0 Å². The highest BCUT2D eigenvalue weighted by atomic mass is 32.1. The lowest BCUT2D eigenvalue weighted by Crippen LogP contribution is -2.28. The molecule has 3 rings (SSSR count). The molecule has 0 radical (unpaired) electrons. The molecular weight excluding hydrogens is 378 g/mol. The highest BCUT2D eigenvalue weighted by Gasteiger charge is 2.21. The van der Waals surface area contributed by atoms with Crippen LogP contribution in [0.3, 0.4) is 0 Å². The molecule has 2 aromatic heterocycles. The number of aromatic nitrogens is 1. The molecule has 0 saturated carbocycles. The number of carbonyl (C=O) groups excluding carboxylic acids is 2. The molecule has 3 N–H and O–H groups in total. The SMILES string of the molecule is COc1cccc(CNC(=O)COC(=O)c2sc3nc(C)cc(C)c3c2N)c1. The second-order valence-electron chi connectivity index (χ2n) is 6.31. The number of rotatable bonds is 6. The second-order valence-corrected chi connectivity index (χ2v) is 7.31. The van der Waals surface area contributed by atoms with Gasteiger partial charge in [0.05, 0.1) is 12.8 Å². The summed E-state index contributed by atoms with van der Waals surface area (Å²) >= 11 is 1.17. The van der Waals surface area contributed by atoms with E-state index in [0.29, 0.717) is 22.8 Å². The first-order chi connectivity index (χ1) is 13.4. The Hall–Kier alpha value is -3.13. The fourth-order valence-corrected chi connectivity index (χ4v) is 3.96. The minimum atomic E-state index is -0.630. The van der Waals surface area contributed by atoms with Crippen molar-refractivity contribution in [2.24, 2.45) is 0 Å². The van der Waals surface area contributed by atoms with Crippen LogP contribution in [0, 0.1) is 13.8 Å². The lowest BCUT2D eigenvalue weighted by Gasteiger charge is -2.07. The molecule has 0 fully saturated rings. The van der Waals surface area contributed by atoms with E-state index in [-0.39, 0.29) is 11.5 Å². The Morgan fingerprint density at radius 1 is 1.25 bits per heavy atom. The zero-order valence-electron chi connectivity index (χ0n) is 15.9. The van der Waals surface area contributed by atoms with Gasteiger partial charge in [-0.1, -0.05) is 12.1 Å². The van der Waals surface area contributed by atoms with Crippen molar-refractivity contribution >= 4 is 39.1 Å². The maximum Gasteiger partial charge on any atom is 0.351 e. The first kappa shape index (κ1) is 19.6. The molecule has 2 heterocycles. The van der Waals surface area contributed by atoms with Crippen LogP contribution >= 0.6 is 11.3 Å². The van der Waals surface area contributed by atoms with Crippen molar-refractivity contribution in [3.05, 3.63) is 52.0 Å². The maximum atomic E-state index is 12.4. The maximum absolute atomic E-state index is 12.4. The number of nitrogen functional groups attached to an aromatic ring is 1. The number of nitrogens with two attached hydrogens (primary N) is 1. The standard InChI is InChI=1S/C20H21N3O4S/c1-11-7-12(2)23-19-16(11)17(21)18(28-19)20(25)27-10-15(24)22-9-13-5-4-6-14(8-13)26-3/h4-8H,9-10,21H2,1-3H3,(H,22,24). The third-order valence-corrected chi connectivity index (χ3v) is 5.25. The number of amides is 1. The number of nitrogens with zero attached hydrogens (tertiary/aromatic N) is 1. The topological polar surface area (TPSA) is 104 Å². The number of ether oxygens (including phenoxy) is 2. The molecule has 1 aromatic carbocycles. The van der Waals surface area contributed by atoms with Crippen LogP contribution < -0.4 is 15.8 Å². The van der Waals surface area contributed by atoms with Crippen LogP contribution in [0.15, 0.2) is 30.3 Å². The van der Waals surface area contributed by atoms with Gasteiger partial charge in [0.25, 0.3) is 5.91 Å². The summed E-state index contributed by atoms with van der Waals surface area (Å²) in [6.45, 7) is 3.72. The van der Waals surface area contributed by atoms with Gasteiger partial charge < -0.3 is 20.5 Å². The van der Waals surface area contributed by atoms with Gasteiger partial charge in [0.15, 0.2) is 6.61 Å². The molecule has 1 amide bonds. The molecule has 0 bridgehead atoms. The molecular formula is C20H21N3O4S. The number of aryl methyl sites for hydroxylation is 2. The van der Waals surface area contributed by atoms with Crippen molar-refractivity contribution in [2.45, 2.75) is 20.4 Å². The molecule has 3 aromatic rings. The third-order valence-electron chi connectivity index (χ3n) is 4.17. The number of carbonyl (C=O) groups is 2. The largest absolute Gasteiger partial charge is 0.497 e. The summed E-state index contributed by atoms with van der Waals surface area (Å²) in [5.41, 5.74) is 9.14. The Bertz CT molecular complexity index is 1050. The van der Waals surface area contributed by atoms with Crippen LogP contribution in [0.2, 0.25) is 0 Å². The Labute approximate surface area is 166 Å². The Balaban J connectivity index is 1.60. The van der Waals surface area contributed by atoms with E-state index in [1.165, 1.54) is 11.3 Å². The number of pyridine rings is 1. The van der Waals surface area contributed by atoms with Crippen LogP contribution in [0.5, 0.6) is 5.75 Å². The molecule has 8 heteroatoms. The quantitative estimate of drug-likeness (QED) is 0.618. The van der Waals surface area contributed by atoms with E-state index in [9.17, 15) is 9.59 Å². The number of benzene rings is 1. The number of methoxy groups -OCH3 is 1. The average molecular weight is 399 g/mol.